The van der Waals surface area contributed by atoms with E-state index in [4.69, 9.17) is 0 Å². The van der Waals surface area contributed by atoms with E-state index in [-0.39, 0.29) is 0 Å². The smallest absolute Gasteiger partial charge is 0.200 e. The Balaban J connectivity index is 2.69. The molecule has 0 unspecified atom stereocenters. The topological polar surface area (TPSA) is 34.1 Å². The summed E-state index contributed by atoms with van der Waals surface area (Å²) in [4.78, 5) is 1.36. The van der Waals surface area contributed by atoms with Crippen molar-refractivity contribution in [3.8, 4) is 0 Å². The van der Waals surface area contributed by atoms with Gasteiger partial charge in [-0.15, -0.1) is 11.3 Å². The Hall–Kier alpha value is 0.0869. The van der Waals surface area contributed by atoms with Crippen molar-refractivity contribution in [3.05, 3.63) is 19.3 Å². The summed E-state index contributed by atoms with van der Waals surface area (Å²) < 4.78 is 25.9. The van der Waals surface area contributed by atoms with E-state index < -0.39 is 17.9 Å². The van der Waals surface area contributed by atoms with Gasteiger partial charge in [-0.2, -0.15) is 0 Å². The van der Waals surface area contributed by atoms with Crippen LogP contribution in [0.15, 0.2) is 19.3 Å². The van der Waals surface area contributed by atoms with Crippen LogP contribution in [0, 0.1) is 0 Å². The Labute approximate surface area is 103 Å². The van der Waals surface area contributed by atoms with Gasteiger partial charge in [-0.25, -0.2) is 8.42 Å². The number of halogens is 1. The standard InChI is InChI=1S/C9H11BrO2S2Si/c1-15(2,3)9-4-6-7(14(9,11)12)5-8(10)13-6/h4-5H,1-3H3. The lowest BCUT2D eigenvalue weighted by Gasteiger charge is -2.16. The van der Waals surface area contributed by atoms with E-state index in [9.17, 15) is 8.42 Å². The van der Waals surface area contributed by atoms with Gasteiger partial charge in [0.1, 0.15) is 0 Å². The fraction of sp³-hybridized carbons (Fsp3) is 0.333. The van der Waals surface area contributed by atoms with Gasteiger partial charge in [-0.3, -0.25) is 0 Å². The molecule has 2 nitrogen and oxygen atoms in total. The summed E-state index contributed by atoms with van der Waals surface area (Å²) in [7, 11) is -4.95. The molecule has 2 heterocycles. The van der Waals surface area contributed by atoms with Crippen LogP contribution < -0.4 is 0 Å². The molecule has 0 bridgehead atoms. The maximum atomic E-state index is 12.2. The molecule has 0 amide bonds. The predicted octanol–water partition coefficient (Wildman–Crippen LogP) is 3.52. The molecule has 1 aliphatic heterocycles. The molecule has 1 aromatic rings. The Morgan fingerprint density at radius 2 is 1.93 bits per heavy atom. The second kappa shape index (κ2) is 3.29. The minimum absolute atomic E-state index is 0.483. The van der Waals surface area contributed by atoms with Crippen LogP contribution in [0.2, 0.25) is 19.6 Å². The van der Waals surface area contributed by atoms with Gasteiger partial charge in [0, 0.05) is 9.41 Å². The number of thiophene rings is 1. The minimum atomic E-state index is -3.18. The van der Waals surface area contributed by atoms with Gasteiger partial charge in [0.25, 0.3) is 0 Å². The van der Waals surface area contributed by atoms with Crippen molar-refractivity contribution < 1.29 is 8.42 Å². The molecule has 0 aromatic carbocycles. The lowest BCUT2D eigenvalue weighted by Crippen LogP contribution is -2.27. The van der Waals surface area contributed by atoms with Gasteiger partial charge in [0.15, 0.2) is 9.84 Å². The van der Waals surface area contributed by atoms with Crippen molar-refractivity contribution in [1.82, 2.24) is 0 Å². The summed E-state index contributed by atoms with van der Waals surface area (Å²) in [6.45, 7) is 6.17. The Morgan fingerprint density at radius 3 is 2.40 bits per heavy atom. The molecular formula is C9H11BrO2S2Si. The van der Waals surface area contributed by atoms with Gasteiger partial charge >= 0.3 is 0 Å². The zero-order chi connectivity index (χ0) is 11.4. The molecule has 15 heavy (non-hydrogen) atoms. The summed E-state index contributed by atoms with van der Waals surface area (Å²) in [6.07, 6.45) is 1.85. The first-order valence-corrected chi connectivity index (χ1v) is 11.1. The molecule has 0 saturated heterocycles. The van der Waals surface area contributed by atoms with Crippen molar-refractivity contribution in [1.29, 1.82) is 0 Å². The molecule has 1 aromatic heterocycles. The average Bonchev–Trinajstić information content (AvgIpc) is 2.48. The molecular weight excluding hydrogens is 312 g/mol. The Kier molecular flexibility index (Phi) is 2.54. The molecule has 6 heteroatoms. The minimum Gasteiger partial charge on any atom is -0.219 e. The average molecular weight is 323 g/mol. The molecule has 82 valence electrons. The summed E-state index contributed by atoms with van der Waals surface area (Å²) in [6, 6.07) is 1.71. The lowest BCUT2D eigenvalue weighted by atomic mass is 10.5. The van der Waals surface area contributed by atoms with E-state index in [0.29, 0.717) is 9.42 Å². The number of hydrogen-bond acceptors (Lipinski definition) is 3. The van der Waals surface area contributed by atoms with Gasteiger partial charge in [-0.05, 0) is 28.1 Å². The number of sulfone groups is 1. The molecule has 0 aliphatic carbocycles. The first kappa shape index (κ1) is 11.6. The molecule has 0 fully saturated rings. The van der Waals surface area contributed by atoms with Crippen LogP contribution in [-0.2, 0) is 9.84 Å². The van der Waals surface area contributed by atoms with E-state index in [1.165, 1.54) is 11.3 Å². The largest absolute Gasteiger partial charge is 0.219 e. The van der Waals surface area contributed by atoms with Crippen LogP contribution in [0.1, 0.15) is 4.88 Å². The summed E-state index contributed by atoms with van der Waals surface area (Å²) in [5.41, 5.74) is 0. The molecule has 0 radical (unpaired) electrons. The van der Waals surface area contributed by atoms with E-state index in [2.05, 4.69) is 35.6 Å². The molecule has 0 saturated carbocycles. The van der Waals surface area contributed by atoms with Crippen LogP contribution in [-0.4, -0.2) is 16.5 Å². The zero-order valence-corrected chi connectivity index (χ0v) is 12.9. The van der Waals surface area contributed by atoms with Crippen LogP contribution in [0.5, 0.6) is 0 Å². The van der Waals surface area contributed by atoms with Crippen LogP contribution in [0.25, 0.3) is 6.08 Å². The van der Waals surface area contributed by atoms with E-state index in [1.54, 1.807) is 6.07 Å². The first-order chi connectivity index (χ1) is 6.73. The second-order valence-corrected chi connectivity index (χ2v) is 14.3. The maximum Gasteiger partial charge on any atom is 0.200 e. The van der Waals surface area contributed by atoms with E-state index >= 15 is 0 Å². The van der Waals surface area contributed by atoms with Gasteiger partial charge in [-0.1, -0.05) is 19.6 Å². The van der Waals surface area contributed by atoms with Gasteiger partial charge in [0.2, 0.25) is 0 Å². The van der Waals surface area contributed by atoms with Crippen molar-refractivity contribution in [2.45, 2.75) is 24.5 Å². The van der Waals surface area contributed by atoms with Crippen molar-refractivity contribution in [2.24, 2.45) is 0 Å². The van der Waals surface area contributed by atoms with Crippen LogP contribution in [0.4, 0.5) is 0 Å². The summed E-state index contributed by atoms with van der Waals surface area (Å²) in [5, 5.41) is 0. The Bertz CT molecular complexity index is 549. The molecule has 0 N–H and O–H groups in total. The highest BCUT2D eigenvalue weighted by atomic mass is 79.9. The predicted molar refractivity (Wildman–Crippen MR) is 70.5 cm³/mol. The maximum absolute atomic E-state index is 12.2. The first-order valence-electron chi connectivity index (χ1n) is 4.49. The summed E-state index contributed by atoms with van der Waals surface area (Å²) in [5.74, 6) is 0. The van der Waals surface area contributed by atoms with Crippen molar-refractivity contribution in [2.75, 3.05) is 0 Å². The number of rotatable bonds is 1. The zero-order valence-electron chi connectivity index (χ0n) is 8.67. The van der Waals surface area contributed by atoms with Crippen molar-refractivity contribution >= 4 is 51.3 Å². The molecule has 0 atom stereocenters. The third-order valence-electron chi connectivity index (χ3n) is 2.28. The highest BCUT2D eigenvalue weighted by Gasteiger charge is 2.38. The normalized spacial score (nSPS) is 18.8. The highest BCUT2D eigenvalue weighted by Crippen LogP contribution is 2.43. The Morgan fingerprint density at radius 1 is 1.33 bits per heavy atom. The third kappa shape index (κ3) is 1.77. The number of fused-ring (bicyclic) bond motifs is 1. The lowest BCUT2D eigenvalue weighted by molar-refractivity contribution is 0.605. The van der Waals surface area contributed by atoms with Crippen molar-refractivity contribution in [3.63, 3.8) is 0 Å². The third-order valence-corrected chi connectivity index (χ3v) is 9.87. The van der Waals surface area contributed by atoms with Crippen LogP contribution in [0.3, 0.4) is 0 Å². The monoisotopic (exact) mass is 322 g/mol. The number of hydrogen-bond donors (Lipinski definition) is 0. The van der Waals surface area contributed by atoms with Gasteiger partial charge in [0.05, 0.1) is 16.8 Å². The fourth-order valence-electron chi connectivity index (χ4n) is 1.60. The SMILES string of the molecule is C[Si](C)(C)C1=Cc2sc(Br)cc2S1(=O)=O. The molecule has 0 spiro atoms. The molecule has 1 aliphatic rings. The van der Waals surface area contributed by atoms with Gasteiger partial charge < -0.3 is 0 Å². The summed E-state index contributed by atoms with van der Waals surface area (Å²) >= 11 is 4.80. The highest BCUT2D eigenvalue weighted by molar-refractivity contribution is 9.11. The van der Waals surface area contributed by atoms with E-state index in [0.717, 1.165) is 8.66 Å². The fourth-order valence-corrected chi connectivity index (χ4v) is 9.18. The second-order valence-electron chi connectivity index (χ2n) is 4.54. The quantitative estimate of drug-likeness (QED) is 0.741. The van der Waals surface area contributed by atoms with E-state index in [1.807, 2.05) is 6.08 Å². The molecule has 2 rings (SSSR count). The van der Waals surface area contributed by atoms with Crippen LogP contribution >= 0.6 is 27.3 Å².